The van der Waals surface area contributed by atoms with Crippen molar-refractivity contribution in [2.75, 3.05) is 13.2 Å². The van der Waals surface area contributed by atoms with Crippen LogP contribution in [0.2, 0.25) is 5.02 Å². The Morgan fingerprint density at radius 3 is 3.05 bits per heavy atom. The van der Waals surface area contributed by atoms with Crippen molar-refractivity contribution in [3.05, 3.63) is 46.0 Å². The highest BCUT2D eigenvalue weighted by Crippen LogP contribution is 2.27. The molecule has 0 amide bonds. The van der Waals surface area contributed by atoms with Crippen molar-refractivity contribution in [2.45, 2.75) is 33.4 Å². The number of aryl methyl sites for hydroxylation is 2. The topological polar surface area (TPSA) is 41.2 Å². The van der Waals surface area contributed by atoms with Gasteiger partial charge in [-0.3, -0.25) is 4.90 Å². The first-order valence-electron chi connectivity index (χ1n) is 7.33. The Kier molecular flexibility index (Phi) is 4.17. The summed E-state index contributed by atoms with van der Waals surface area (Å²) in [5.41, 5.74) is 3.42. The number of nitrogens with zero attached hydrogens (tertiary/aromatic N) is 2. The lowest BCUT2D eigenvalue weighted by atomic mass is 10.2. The Morgan fingerprint density at radius 1 is 1.43 bits per heavy atom. The van der Waals surface area contributed by atoms with Gasteiger partial charge in [0.25, 0.3) is 0 Å². The maximum atomic E-state index is 6.09. The van der Waals surface area contributed by atoms with E-state index < -0.39 is 0 Å². The fourth-order valence-electron chi connectivity index (χ4n) is 2.65. The Hall–Kier alpha value is -1.52. The number of halogens is 1. The first-order valence-corrected chi connectivity index (χ1v) is 7.71. The molecule has 0 bridgehead atoms. The third kappa shape index (κ3) is 3.22. The van der Waals surface area contributed by atoms with Crippen LogP contribution in [0.1, 0.15) is 29.7 Å². The number of nitrogens with one attached hydrogen (secondary N) is 1. The highest BCUT2D eigenvalue weighted by Gasteiger charge is 2.18. The highest BCUT2D eigenvalue weighted by molar-refractivity contribution is 6.30. The molecule has 4 nitrogen and oxygen atoms in total. The summed E-state index contributed by atoms with van der Waals surface area (Å²) in [6.45, 7) is 7.45. The maximum absolute atomic E-state index is 6.09. The lowest BCUT2D eigenvalue weighted by Gasteiger charge is -2.18. The second-order valence-corrected chi connectivity index (χ2v) is 5.86. The van der Waals surface area contributed by atoms with Gasteiger partial charge in [0.1, 0.15) is 18.2 Å². The minimum atomic E-state index is 0.693. The third-order valence-electron chi connectivity index (χ3n) is 3.82. The summed E-state index contributed by atoms with van der Waals surface area (Å²) in [6.07, 6.45) is 0.933. The number of aromatic amines is 1. The number of rotatable bonds is 3. The second-order valence-electron chi connectivity index (χ2n) is 5.42. The average Bonchev–Trinajstić information content (AvgIpc) is 2.69. The molecule has 0 atom stereocenters. The van der Waals surface area contributed by atoms with Crippen molar-refractivity contribution in [1.82, 2.24) is 14.9 Å². The van der Waals surface area contributed by atoms with Crippen LogP contribution in [0.3, 0.4) is 0 Å². The van der Waals surface area contributed by atoms with E-state index in [1.165, 1.54) is 0 Å². The maximum Gasteiger partial charge on any atom is 0.123 e. The molecule has 0 radical (unpaired) electrons. The molecule has 1 aliphatic heterocycles. The lowest BCUT2D eigenvalue weighted by Crippen LogP contribution is -2.25. The number of benzene rings is 1. The fourth-order valence-corrected chi connectivity index (χ4v) is 2.84. The van der Waals surface area contributed by atoms with E-state index in [2.05, 4.69) is 28.7 Å². The first kappa shape index (κ1) is 14.4. The minimum Gasteiger partial charge on any atom is -0.492 e. The summed E-state index contributed by atoms with van der Waals surface area (Å²) in [5.74, 6) is 1.99. The molecule has 0 spiro atoms. The van der Waals surface area contributed by atoms with E-state index in [1.54, 1.807) is 0 Å². The van der Waals surface area contributed by atoms with Crippen molar-refractivity contribution in [1.29, 1.82) is 0 Å². The molecule has 0 saturated carbocycles. The van der Waals surface area contributed by atoms with Crippen LogP contribution in [0.4, 0.5) is 0 Å². The van der Waals surface area contributed by atoms with Crippen molar-refractivity contribution >= 4 is 11.6 Å². The van der Waals surface area contributed by atoms with Crippen molar-refractivity contribution < 1.29 is 4.74 Å². The average molecular weight is 306 g/mol. The fraction of sp³-hybridized carbons (Fsp3) is 0.438. The van der Waals surface area contributed by atoms with E-state index in [9.17, 15) is 0 Å². The van der Waals surface area contributed by atoms with Gasteiger partial charge in [0.05, 0.1) is 5.69 Å². The second kappa shape index (κ2) is 6.08. The number of aromatic nitrogens is 2. The van der Waals surface area contributed by atoms with Crippen LogP contribution in [0, 0.1) is 6.92 Å². The van der Waals surface area contributed by atoms with Gasteiger partial charge < -0.3 is 9.72 Å². The molecule has 0 unspecified atom stereocenters. The monoisotopic (exact) mass is 305 g/mol. The Morgan fingerprint density at radius 2 is 2.29 bits per heavy atom. The predicted molar refractivity (Wildman–Crippen MR) is 83.8 cm³/mol. The smallest absolute Gasteiger partial charge is 0.123 e. The molecule has 2 heterocycles. The number of ether oxygens (including phenoxy) is 1. The van der Waals surface area contributed by atoms with Gasteiger partial charge in [0, 0.05) is 42.3 Å². The van der Waals surface area contributed by atoms with Gasteiger partial charge in [-0.25, -0.2) is 4.98 Å². The van der Waals surface area contributed by atoms with Crippen LogP contribution in [0.5, 0.6) is 5.75 Å². The van der Waals surface area contributed by atoms with Crippen LogP contribution in [0.25, 0.3) is 0 Å². The summed E-state index contributed by atoms with van der Waals surface area (Å²) in [5, 5.41) is 0.753. The van der Waals surface area contributed by atoms with Gasteiger partial charge in [-0.05, 0) is 25.1 Å². The van der Waals surface area contributed by atoms with Crippen LogP contribution < -0.4 is 4.74 Å². The van der Waals surface area contributed by atoms with Crippen LogP contribution >= 0.6 is 11.6 Å². The largest absolute Gasteiger partial charge is 0.492 e. The molecule has 1 N–H and O–H groups in total. The molecule has 0 fully saturated rings. The molecule has 3 rings (SSSR count). The molecular formula is C16H20ClN3O. The molecule has 21 heavy (non-hydrogen) atoms. The van der Waals surface area contributed by atoms with E-state index in [1.807, 2.05) is 18.2 Å². The van der Waals surface area contributed by atoms with Gasteiger partial charge >= 0.3 is 0 Å². The van der Waals surface area contributed by atoms with Crippen LogP contribution in [-0.2, 0) is 19.5 Å². The summed E-state index contributed by atoms with van der Waals surface area (Å²) in [4.78, 5) is 10.4. The first-order chi connectivity index (χ1) is 10.2. The normalized spacial score (nSPS) is 15.4. The SMILES string of the molecule is CCc1nc(CN2CCOc3ccc(Cl)cc3C2)c(C)[nH]1. The van der Waals surface area contributed by atoms with Crippen molar-refractivity contribution in [3.8, 4) is 5.75 Å². The molecule has 1 aromatic carbocycles. The zero-order valence-corrected chi connectivity index (χ0v) is 13.2. The summed E-state index contributed by atoms with van der Waals surface area (Å²) >= 11 is 6.09. The Balaban J connectivity index is 1.78. The zero-order valence-electron chi connectivity index (χ0n) is 12.4. The van der Waals surface area contributed by atoms with Crippen molar-refractivity contribution in [2.24, 2.45) is 0 Å². The van der Waals surface area contributed by atoms with Crippen molar-refractivity contribution in [3.63, 3.8) is 0 Å². The van der Waals surface area contributed by atoms with Crippen LogP contribution in [0.15, 0.2) is 18.2 Å². The number of hydrogen-bond donors (Lipinski definition) is 1. The van der Waals surface area contributed by atoms with Gasteiger partial charge in [-0.2, -0.15) is 0 Å². The number of hydrogen-bond acceptors (Lipinski definition) is 3. The summed E-state index contributed by atoms with van der Waals surface area (Å²) < 4.78 is 5.80. The van der Waals surface area contributed by atoms with Gasteiger partial charge in [-0.15, -0.1) is 0 Å². The van der Waals surface area contributed by atoms with Gasteiger partial charge in [0.2, 0.25) is 0 Å². The van der Waals surface area contributed by atoms with E-state index in [-0.39, 0.29) is 0 Å². The van der Waals surface area contributed by atoms with Gasteiger partial charge in [0.15, 0.2) is 0 Å². The van der Waals surface area contributed by atoms with E-state index >= 15 is 0 Å². The molecule has 0 aliphatic carbocycles. The molecular weight excluding hydrogens is 286 g/mol. The Labute approximate surface area is 130 Å². The highest BCUT2D eigenvalue weighted by atomic mass is 35.5. The lowest BCUT2D eigenvalue weighted by molar-refractivity contribution is 0.217. The van der Waals surface area contributed by atoms with E-state index in [0.717, 1.165) is 59.6 Å². The minimum absolute atomic E-state index is 0.693. The quantitative estimate of drug-likeness (QED) is 0.945. The Bertz CT molecular complexity index is 638. The molecule has 1 aromatic heterocycles. The zero-order chi connectivity index (χ0) is 14.8. The molecule has 112 valence electrons. The predicted octanol–water partition coefficient (Wildman–Crippen LogP) is 3.33. The molecule has 5 heteroatoms. The van der Waals surface area contributed by atoms with Crippen LogP contribution in [-0.4, -0.2) is 28.0 Å². The number of fused-ring (bicyclic) bond motifs is 1. The number of H-pyrrole nitrogens is 1. The number of imidazole rings is 1. The summed E-state index contributed by atoms with van der Waals surface area (Å²) in [6, 6.07) is 5.82. The van der Waals surface area contributed by atoms with E-state index in [0.29, 0.717) is 6.61 Å². The third-order valence-corrected chi connectivity index (χ3v) is 4.06. The standard InChI is InChI=1S/C16H20ClN3O/c1-3-16-18-11(2)14(19-16)10-20-6-7-21-15-5-4-13(17)8-12(15)9-20/h4-5,8H,3,6-7,9-10H2,1-2H3,(H,18,19). The van der Waals surface area contributed by atoms with Gasteiger partial charge in [-0.1, -0.05) is 18.5 Å². The molecule has 0 saturated heterocycles. The van der Waals surface area contributed by atoms with E-state index in [4.69, 9.17) is 16.3 Å². The summed E-state index contributed by atoms with van der Waals surface area (Å²) in [7, 11) is 0. The molecule has 2 aromatic rings. The molecule has 1 aliphatic rings.